The standard InChI is InChI=1S/C22H26N4O5S3/c1-5-12-32-22-25-24-21(33-22)23-20(27)14-26(16-8-6-15(2)7-9-16)34(28,29)17-10-11-18(30-3)19(13-17)31-4/h6-11,13H,5,12,14H2,1-4H3,(H,23,24,27). The molecule has 0 bridgehead atoms. The predicted molar refractivity (Wildman–Crippen MR) is 135 cm³/mol. The van der Waals surface area contributed by atoms with Gasteiger partial charge in [-0.2, -0.15) is 0 Å². The van der Waals surface area contributed by atoms with Gasteiger partial charge in [0.05, 0.1) is 24.8 Å². The monoisotopic (exact) mass is 522 g/mol. The van der Waals surface area contributed by atoms with Gasteiger partial charge in [0.1, 0.15) is 6.54 Å². The molecule has 1 aromatic heterocycles. The van der Waals surface area contributed by atoms with Crippen LogP contribution in [-0.2, 0) is 14.8 Å². The van der Waals surface area contributed by atoms with Crippen molar-refractivity contribution in [3.63, 3.8) is 0 Å². The highest BCUT2D eigenvalue weighted by Gasteiger charge is 2.28. The molecule has 0 aliphatic carbocycles. The molecule has 1 amide bonds. The Labute approximate surface area is 207 Å². The fraction of sp³-hybridized carbons (Fsp3) is 0.318. The number of ether oxygens (including phenoxy) is 2. The molecule has 0 aliphatic rings. The van der Waals surface area contributed by atoms with E-state index in [2.05, 4.69) is 22.4 Å². The van der Waals surface area contributed by atoms with E-state index in [4.69, 9.17) is 9.47 Å². The first-order valence-corrected chi connectivity index (χ1v) is 13.6. The number of hydrogen-bond acceptors (Lipinski definition) is 9. The molecule has 0 fully saturated rings. The summed E-state index contributed by atoms with van der Waals surface area (Å²) in [6, 6.07) is 11.2. The maximum atomic E-state index is 13.6. The fourth-order valence-electron chi connectivity index (χ4n) is 2.93. The minimum Gasteiger partial charge on any atom is -0.493 e. The summed E-state index contributed by atoms with van der Waals surface area (Å²) in [5, 5.41) is 11.0. The number of carbonyl (C=O) groups is 1. The van der Waals surface area contributed by atoms with Crippen LogP contribution >= 0.6 is 23.1 Å². The number of hydrogen-bond donors (Lipinski definition) is 1. The molecular formula is C22H26N4O5S3. The molecule has 1 heterocycles. The van der Waals surface area contributed by atoms with Gasteiger partial charge in [-0.3, -0.25) is 14.4 Å². The maximum Gasteiger partial charge on any atom is 0.264 e. The Morgan fingerprint density at radius 3 is 2.44 bits per heavy atom. The molecule has 2 aromatic carbocycles. The van der Waals surface area contributed by atoms with Gasteiger partial charge in [-0.15, -0.1) is 10.2 Å². The molecular weight excluding hydrogens is 496 g/mol. The third-order valence-corrected chi connectivity index (χ3v) is 8.58. The van der Waals surface area contributed by atoms with Gasteiger partial charge in [-0.05, 0) is 37.6 Å². The zero-order chi connectivity index (χ0) is 24.7. The molecule has 9 nitrogen and oxygen atoms in total. The number of amides is 1. The smallest absolute Gasteiger partial charge is 0.264 e. The number of rotatable bonds is 11. The lowest BCUT2D eigenvalue weighted by Crippen LogP contribution is -2.38. The first-order chi connectivity index (χ1) is 16.3. The lowest BCUT2D eigenvalue weighted by atomic mass is 10.2. The van der Waals surface area contributed by atoms with Gasteiger partial charge >= 0.3 is 0 Å². The van der Waals surface area contributed by atoms with Crippen LogP contribution in [0.25, 0.3) is 0 Å². The number of carbonyl (C=O) groups excluding carboxylic acids is 1. The van der Waals surface area contributed by atoms with Crippen molar-refractivity contribution in [2.45, 2.75) is 29.5 Å². The molecule has 0 spiro atoms. The molecule has 3 aromatic rings. The highest BCUT2D eigenvalue weighted by molar-refractivity contribution is 8.01. The predicted octanol–water partition coefficient (Wildman–Crippen LogP) is 4.20. The van der Waals surface area contributed by atoms with Crippen LogP contribution < -0.4 is 19.1 Å². The van der Waals surface area contributed by atoms with Crippen LogP contribution in [0.5, 0.6) is 11.5 Å². The van der Waals surface area contributed by atoms with Crippen molar-refractivity contribution in [1.82, 2.24) is 10.2 Å². The second-order valence-corrected chi connectivity index (χ2v) is 11.3. The highest BCUT2D eigenvalue weighted by Crippen LogP contribution is 2.32. The Hall–Kier alpha value is -2.83. The summed E-state index contributed by atoms with van der Waals surface area (Å²) < 4.78 is 39.5. The third kappa shape index (κ3) is 6.19. The van der Waals surface area contributed by atoms with E-state index < -0.39 is 22.5 Å². The van der Waals surface area contributed by atoms with Crippen LogP contribution in [0, 0.1) is 6.92 Å². The van der Waals surface area contributed by atoms with Crippen molar-refractivity contribution >= 4 is 49.8 Å². The van der Waals surface area contributed by atoms with Gasteiger partial charge in [0, 0.05) is 11.8 Å². The lowest BCUT2D eigenvalue weighted by molar-refractivity contribution is -0.114. The summed E-state index contributed by atoms with van der Waals surface area (Å²) in [5.41, 5.74) is 1.31. The summed E-state index contributed by atoms with van der Waals surface area (Å²) in [5.74, 6) is 1.03. The number of thioether (sulfide) groups is 1. The first kappa shape index (κ1) is 25.8. The zero-order valence-corrected chi connectivity index (χ0v) is 21.7. The second kappa shape index (κ2) is 11.5. The van der Waals surface area contributed by atoms with Crippen LogP contribution in [0.15, 0.2) is 51.7 Å². The summed E-state index contributed by atoms with van der Waals surface area (Å²) in [4.78, 5) is 12.8. The number of nitrogens with zero attached hydrogens (tertiary/aromatic N) is 3. The Morgan fingerprint density at radius 1 is 1.09 bits per heavy atom. The van der Waals surface area contributed by atoms with Crippen LogP contribution in [-0.4, -0.2) is 51.0 Å². The van der Waals surface area contributed by atoms with Gasteiger partial charge in [-0.1, -0.05) is 47.7 Å². The highest BCUT2D eigenvalue weighted by atomic mass is 32.2. The minimum atomic E-state index is -4.12. The number of nitrogens with one attached hydrogen (secondary N) is 1. The number of anilines is 2. The molecule has 0 radical (unpaired) electrons. The molecule has 3 rings (SSSR count). The van der Waals surface area contributed by atoms with Crippen molar-refractivity contribution in [3.8, 4) is 11.5 Å². The molecule has 12 heteroatoms. The SMILES string of the molecule is CCCSc1nnc(NC(=O)CN(c2ccc(C)cc2)S(=O)(=O)c2ccc(OC)c(OC)c2)s1. The van der Waals surface area contributed by atoms with E-state index in [9.17, 15) is 13.2 Å². The van der Waals surface area contributed by atoms with Gasteiger partial charge in [0.2, 0.25) is 11.0 Å². The van der Waals surface area contributed by atoms with E-state index in [1.54, 1.807) is 36.0 Å². The lowest BCUT2D eigenvalue weighted by Gasteiger charge is -2.24. The van der Waals surface area contributed by atoms with Gasteiger partial charge in [0.25, 0.3) is 10.0 Å². The van der Waals surface area contributed by atoms with Crippen molar-refractivity contribution < 1.29 is 22.7 Å². The third-order valence-electron chi connectivity index (χ3n) is 4.63. The average Bonchev–Trinajstić information content (AvgIpc) is 3.28. The molecule has 0 atom stereocenters. The zero-order valence-electron chi connectivity index (χ0n) is 19.3. The summed E-state index contributed by atoms with van der Waals surface area (Å²) in [7, 11) is -1.23. The summed E-state index contributed by atoms with van der Waals surface area (Å²) in [6.07, 6.45) is 0.992. The number of sulfonamides is 1. The fourth-order valence-corrected chi connectivity index (χ4v) is 6.06. The second-order valence-electron chi connectivity index (χ2n) is 7.13. The average molecular weight is 523 g/mol. The quantitative estimate of drug-likeness (QED) is 0.295. The van der Waals surface area contributed by atoms with E-state index in [0.717, 1.165) is 26.4 Å². The van der Waals surface area contributed by atoms with Crippen molar-refractivity contribution in [3.05, 3.63) is 48.0 Å². The van der Waals surface area contributed by atoms with Crippen molar-refractivity contribution in [2.75, 3.05) is 36.1 Å². The van der Waals surface area contributed by atoms with Gasteiger partial charge < -0.3 is 9.47 Å². The van der Waals surface area contributed by atoms with E-state index in [1.165, 1.54) is 43.8 Å². The van der Waals surface area contributed by atoms with Crippen molar-refractivity contribution in [1.29, 1.82) is 0 Å². The van der Waals surface area contributed by atoms with Crippen LogP contribution in [0.3, 0.4) is 0 Å². The van der Waals surface area contributed by atoms with Crippen LogP contribution in [0.2, 0.25) is 0 Å². The first-order valence-electron chi connectivity index (χ1n) is 10.4. The molecule has 1 N–H and O–H groups in total. The van der Waals surface area contributed by atoms with E-state index >= 15 is 0 Å². The van der Waals surface area contributed by atoms with Gasteiger partial charge in [-0.25, -0.2) is 8.42 Å². The topological polar surface area (TPSA) is 111 Å². The Bertz CT molecular complexity index is 1230. The molecule has 0 aliphatic heterocycles. The Balaban J connectivity index is 1.90. The van der Waals surface area contributed by atoms with Gasteiger partial charge in [0.15, 0.2) is 15.8 Å². The Morgan fingerprint density at radius 2 is 1.79 bits per heavy atom. The number of aryl methyl sites for hydroxylation is 1. The normalized spacial score (nSPS) is 11.2. The summed E-state index contributed by atoms with van der Waals surface area (Å²) >= 11 is 2.80. The van der Waals surface area contributed by atoms with E-state index in [0.29, 0.717) is 16.6 Å². The van der Waals surface area contributed by atoms with E-state index in [1.807, 2.05) is 6.92 Å². The van der Waals surface area contributed by atoms with Crippen molar-refractivity contribution in [2.24, 2.45) is 0 Å². The molecule has 0 saturated heterocycles. The minimum absolute atomic E-state index is 0.0345. The largest absolute Gasteiger partial charge is 0.493 e. The maximum absolute atomic E-state index is 13.6. The number of benzene rings is 2. The Kier molecular flexibility index (Phi) is 8.75. The molecule has 182 valence electrons. The van der Waals surface area contributed by atoms with Crippen LogP contribution in [0.1, 0.15) is 18.9 Å². The molecule has 0 unspecified atom stereocenters. The van der Waals surface area contributed by atoms with Crippen LogP contribution in [0.4, 0.5) is 10.8 Å². The summed E-state index contributed by atoms with van der Waals surface area (Å²) in [6.45, 7) is 3.51. The molecule has 0 saturated carbocycles. The number of methoxy groups -OCH3 is 2. The molecule has 34 heavy (non-hydrogen) atoms. The van der Waals surface area contributed by atoms with E-state index in [-0.39, 0.29) is 10.6 Å². The number of aromatic nitrogens is 2.